The first-order chi connectivity index (χ1) is 8.99. The van der Waals surface area contributed by atoms with Gasteiger partial charge >= 0.3 is 6.01 Å². The Kier molecular flexibility index (Phi) is 3.66. The molecule has 7 heteroatoms. The number of aromatic nitrogens is 2. The fourth-order valence-corrected chi connectivity index (χ4v) is 1.98. The van der Waals surface area contributed by atoms with Crippen molar-refractivity contribution in [2.45, 2.75) is 4.90 Å². The molecule has 0 radical (unpaired) electrons. The van der Waals surface area contributed by atoms with E-state index in [9.17, 15) is 8.42 Å². The number of hydrogen-bond donors (Lipinski definition) is 0. The van der Waals surface area contributed by atoms with Crippen LogP contribution >= 0.6 is 0 Å². The summed E-state index contributed by atoms with van der Waals surface area (Å²) in [5.41, 5.74) is 0. The number of hydrogen-bond acceptors (Lipinski definition) is 6. The SMILES string of the molecule is COc1ccnc(Oc2ccc(S(C)(=O)=O)cc2)n1. The molecule has 0 aliphatic rings. The maximum Gasteiger partial charge on any atom is 0.325 e. The van der Waals surface area contributed by atoms with Crippen molar-refractivity contribution in [3.8, 4) is 17.6 Å². The van der Waals surface area contributed by atoms with Crippen LogP contribution in [0.25, 0.3) is 0 Å². The molecule has 1 heterocycles. The molecule has 100 valence electrons. The quantitative estimate of drug-likeness (QED) is 0.848. The summed E-state index contributed by atoms with van der Waals surface area (Å²) in [4.78, 5) is 8.13. The monoisotopic (exact) mass is 280 g/mol. The van der Waals surface area contributed by atoms with E-state index >= 15 is 0 Å². The first-order valence-electron chi connectivity index (χ1n) is 5.34. The van der Waals surface area contributed by atoms with Gasteiger partial charge in [-0.1, -0.05) is 0 Å². The van der Waals surface area contributed by atoms with Crippen molar-refractivity contribution < 1.29 is 17.9 Å². The van der Waals surface area contributed by atoms with Crippen molar-refractivity contribution in [3.63, 3.8) is 0 Å². The van der Waals surface area contributed by atoms with Crippen LogP contribution in [0.15, 0.2) is 41.4 Å². The summed E-state index contributed by atoms with van der Waals surface area (Å²) in [6, 6.07) is 7.74. The summed E-state index contributed by atoms with van der Waals surface area (Å²) in [6.45, 7) is 0. The molecule has 0 N–H and O–H groups in total. The highest BCUT2D eigenvalue weighted by Gasteiger charge is 2.07. The summed E-state index contributed by atoms with van der Waals surface area (Å²) in [5.74, 6) is 0.832. The summed E-state index contributed by atoms with van der Waals surface area (Å²) in [5, 5.41) is 0. The first-order valence-corrected chi connectivity index (χ1v) is 7.23. The molecule has 0 amide bonds. The summed E-state index contributed by atoms with van der Waals surface area (Å²) < 4.78 is 32.9. The van der Waals surface area contributed by atoms with Crippen molar-refractivity contribution >= 4 is 9.84 Å². The van der Waals surface area contributed by atoms with Crippen molar-refractivity contribution in [3.05, 3.63) is 36.5 Å². The lowest BCUT2D eigenvalue weighted by Crippen LogP contribution is -1.97. The van der Waals surface area contributed by atoms with Gasteiger partial charge in [0.25, 0.3) is 0 Å². The molecule has 6 nitrogen and oxygen atoms in total. The molecule has 0 atom stereocenters. The van der Waals surface area contributed by atoms with Gasteiger partial charge in [-0.05, 0) is 24.3 Å². The number of methoxy groups -OCH3 is 1. The number of rotatable bonds is 4. The van der Waals surface area contributed by atoms with Crippen LogP contribution in [0.5, 0.6) is 17.6 Å². The molecule has 0 fully saturated rings. The van der Waals surface area contributed by atoms with Gasteiger partial charge < -0.3 is 9.47 Å². The Morgan fingerprint density at radius 1 is 1.11 bits per heavy atom. The van der Waals surface area contributed by atoms with E-state index in [4.69, 9.17) is 9.47 Å². The van der Waals surface area contributed by atoms with Gasteiger partial charge in [-0.2, -0.15) is 4.98 Å². The van der Waals surface area contributed by atoms with Crippen LogP contribution < -0.4 is 9.47 Å². The van der Waals surface area contributed by atoms with E-state index in [2.05, 4.69) is 9.97 Å². The van der Waals surface area contributed by atoms with E-state index in [1.165, 1.54) is 25.4 Å². The molecule has 0 aliphatic heterocycles. The minimum absolute atomic E-state index is 0.131. The lowest BCUT2D eigenvalue weighted by atomic mass is 10.3. The van der Waals surface area contributed by atoms with Crippen molar-refractivity contribution in [2.24, 2.45) is 0 Å². The summed E-state index contributed by atoms with van der Waals surface area (Å²) >= 11 is 0. The Labute approximate surface area is 111 Å². The Bertz CT molecular complexity index is 668. The van der Waals surface area contributed by atoms with E-state index in [-0.39, 0.29) is 10.9 Å². The van der Waals surface area contributed by atoms with Gasteiger partial charge in [-0.3, -0.25) is 0 Å². The second-order valence-corrected chi connectivity index (χ2v) is 5.74. The molecule has 19 heavy (non-hydrogen) atoms. The van der Waals surface area contributed by atoms with Crippen LogP contribution in [0.1, 0.15) is 0 Å². The van der Waals surface area contributed by atoms with Gasteiger partial charge in [0.2, 0.25) is 5.88 Å². The Morgan fingerprint density at radius 3 is 2.37 bits per heavy atom. The normalized spacial score (nSPS) is 11.1. The van der Waals surface area contributed by atoms with Crippen molar-refractivity contribution in [1.29, 1.82) is 0 Å². The second kappa shape index (κ2) is 5.23. The molecular formula is C12H12N2O4S. The maximum absolute atomic E-state index is 11.3. The third kappa shape index (κ3) is 3.41. The fraction of sp³-hybridized carbons (Fsp3) is 0.167. The molecule has 0 unspecified atom stereocenters. The van der Waals surface area contributed by atoms with Crippen LogP contribution in [-0.2, 0) is 9.84 Å². The van der Waals surface area contributed by atoms with Gasteiger partial charge in [0.1, 0.15) is 5.75 Å². The highest BCUT2D eigenvalue weighted by Crippen LogP contribution is 2.21. The predicted octanol–water partition coefficient (Wildman–Crippen LogP) is 1.68. The lowest BCUT2D eigenvalue weighted by Gasteiger charge is -2.05. The van der Waals surface area contributed by atoms with Crippen LogP contribution in [0.3, 0.4) is 0 Å². The fourth-order valence-electron chi connectivity index (χ4n) is 1.35. The molecule has 0 bridgehead atoms. The van der Waals surface area contributed by atoms with Gasteiger partial charge in [0.05, 0.1) is 12.0 Å². The van der Waals surface area contributed by atoms with Crippen LogP contribution in [0.4, 0.5) is 0 Å². The zero-order valence-corrected chi connectivity index (χ0v) is 11.2. The average Bonchev–Trinajstić information content (AvgIpc) is 2.38. The molecule has 2 aromatic rings. The van der Waals surface area contributed by atoms with Gasteiger partial charge in [-0.15, -0.1) is 0 Å². The zero-order valence-electron chi connectivity index (χ0n) is 10.4. The average molecular weight is 280 g/mol. The van der Waals surface area contributed by atoms with Gasteiger partial charge in [0, 0.05) is 18.5 Å². The third-order valence-electron chi connectivity index (χ3n) is 2.28. The molecule has 0 saturated carbocycles. The summed E-state index contributed by atoms with van der Waals surface area (Å²) in [7, 11) is -1.72. The number of sulfone groups is 1. The second-order valence-electron chi connectivity index (χ2n) is 3.73. The van der Waals surface area contributed by atoms with E-state index in [0.717, 1.165) is 6.26 Å². The zero-order chi connectivity index (χ0) is 13.9. The van der Waals surface area contributed by atoms with Crippen LogP contribution in [0.2, 0.25) is 0 Å². The molecule has 1 aromatic heterocycles. The van der Waals surface area contributed by atoms with Gasteiger partial charge in [0.15, 0.2) is 9.84 Å². The smallest absolute Gasteiger partial charge is 0.325 e. The first kappa shape index (κ1) is 13.3. The Balaban J connectivity index is 2.19. The Hall–Kier alpha value is -2.15. The topological polar surface area (TPSA) is 78.4 Å². The van der Waals surface area contributed by atoms with Crippen LogP contribution in [-0.4, -0.2) is 31.8 Å². The molecule has 0 aliphatic carbocycles. The standard InChI is InChI=1S/C12H12N2O4S/c1-17-11-7-8-13-12(14-11)18-9-3-5-10(6-4-9)19(2,15)16/h3-8H,1-2H3. The highest BCUT2D eigenvalue weighted by atomic mass is 32.2. The third-order valence-corrected chi connectivity index (χ3v) is 3.41. The molecule has 2 rings (SSSR count). The summed E-state index contributed by atoms with van der Waals surface area (Å²) in [6.07, 6.45) is 2.65. The van der Waals surface area contributed by atoms with Crippen LogP contribution in [0, 0.1) is 0 Å². The van der Waals surface area contributed by atoms with E-state index in [1.54, 1.807) is 18.2 Å². The van der Waals surface area contributed by atoms with Gasteiger partial charge in [-0.25, -0.2) is 13.4 Å². The lowest BCUT2D eigenvalue weighted by molar-refractivity contribution is 0.376. The Morgan fingerprint density at radius 2 is 1.79 bits per heavy atom. The molecule has 1 aromatic carbocycles. The molecular weight excluding hydrogens is 268 g/mol. The minimum atomic E-state index is -3.21. The number of ether oxygens (including phenoxy) is 2. The molecule has 0 saturated heterocycles. The van der Waals surface area contributed by atoms with Crippen molar-refractivity contribution in [2.75, 3.05) is 13.4 Å². The van der Waals surface area contributed by atoms with E-state index in [0.29, 0.717) is 11.6 Å². The largest absolute Gasteiger partial charge is 0.481 e. The van der Waals surface area contributed by atoms with E-state index in [1.807, 2.05) is 0 Å². The maximum atomic E-state index is 11.3. The van der Waals surface area contributed by atoms with Crippen molar-refractivity contribution in [1.82, 2.24) is 9.97 Å². The number of benzene rings is 1. The highest BCUT2D eigenvalue weighted by molar-refractivity contribution is 7.90. The minimum Gasteiger partial charge on any atom is -0.481 e. The molecule has 0 spiro atoms. The predicted molar refractivity (Wildman–Crippen MR) is 68.2 cm³/mol. The number of nitrogens with zero attached hydrogens (tertiary/aromatic N) is 2. The van der Waals surface area contributed by atoms with E-state index < -0.39 is 9.84 Å².